The van der Waals surface area contributed by atoms with Crippen molar-refractivity contribution in [2.24, 2.45) is 5.73 Å². The third-order valence-corrected chi connectivity index (χ3v) is 2.17. The fraction of sp³-hybridized carbons (Fsp3) is 0.333. The Bertz CT molecular complexity index is 351. The summed E-state index contributed by atoms with van der Waals surface area (Å²) in [6.45, 7) is 1.56. The second-order valence-corrected chi connectivity index (χ2v) is 3.64. The summed E-state index contributed by atoms with van der Waals surface area (Å²) in [7, 11) is 0. The van der Waals surface area contributed by atoms with E-state index in [2.05, 4.69) is 5.32 Å². The monoisotopic (exact) mass is 219 g/mol. The van der Waals surface area contributed by atoms with Gasteiger partial charge in [0.15, 0.2) is 0 Å². The molecule has 1 radical (unpaired) electrons. The van der Waals surface area contributed by atoms with Crippen LogP contribution >= 0.6 is 0 Å². The minimum absolute atomic E-state index is 0.334. The van der Waals surface area contributed by atoms with Crippen LogP contribution in [0, 0.1) is 0 Å². The first-order valence-electron chi connectivity index (χ1n) is 5.11. The van der Waals surface area contributed by atoms with E-state index in [1.165, 1.54) is 0 Å². The fourth-order valence-electron chi connectivity index (χ4n) is 1.31. The Morgan fingerprint density at radius 1 is 1.44 bits per heavy atom. The Morgan fingerprint density at radius 2 is 2.06 bits per heavy atom. The van der Waals surface area contributed by atoms with E-state index >= 15 is 0 Å². The molecule has 0 bridgehead atoms. The van der Waals surface area contributed by atoms with Crippen LogP contribution in [0.3, 0.4) is 0 Å². The highest BCUT2D eigenvalue weighted by atomic mass is 16.2. The van der Waals surface area contributed by atoms with Crippen LogP contribution in [-0.4, -0.2) is 24.3 Å². The third kappa shape index (κ3) is 3.82. The van der Waals surface area contributed by atoms with Crippen LogP contribution in [0.15, 0.2) is 30.3 Å². The van der Waals surface area contributed by atoms with Crippen molar-refractivity contribution in [1.82, 2.24) is 5.32 Å². The number of hydrogen-bond donors (Lipinski definition) is 2. The molecule has 0 aliphatic carbocycles. The minimum Gasteiger partial charge on any atom is -0.345 e. The maximum Gasteiger partial charge on any atom is 0.237 e. The molecule has 1 rings (SSSR count). The summed E-state index contributed by atoms with van der Waals surface area (Å²) < 4.78 is 0. The van der Waals surface area contributed by atoms with Gasteiger partial charge in [0.25, 0.3) is 0 Å². The lowest BCUT2D eigenvalue weighted by molar-refractivity contribution is -0.122. The maximum atomic E-state index is 11.5. The number of amides is 1. The van der Waals surface area contributed by atoms with Crippen LogP contribution < -0.4 is 11.1 Å². The van der Waals surface area contributed by atoms with Gasteiger partial charge in [0.1, 0.15) is 0 Å². The average Bonchev–Trinajstić information content (AvgIpc) is 2.30. The molecule has 0 saturated carbocycles. The van der Waals surface area contributed by atoms with Crippen molar-refractivity contribution in [2.75, 3.05) is 0 Å². The van der Waals surface area contributed by atoms with Crippen molar-refractivity contribution >= 4 is 12.2 Å². The van der Waals surface area contributed by atoms with Crippen molar-refractivity contribution in [3.05, 3.63) is 35.9 Å². The van der Waals surface area contributed by atoms with Gasteiger partial charge in [0.05, 0.1) is 12.1 Å². The Morgan fingerprint density at radius 3 is 2.62 bits per heavy atom. The molecule has 1 aromatic carbocycles. The number of hydrogen-bond acceptors (Lipinski definition) is 3. The average molecular weight is 219 g/mol. The minimum atomic E-state index is -0.641. The summed E-state index contributed by atoms with van der Waals surface area (Å²) in [6.07, 6.45) is 2.13. The second-order valence-electron chi connectivity index (χ2n) is 3.64. The zero-order valence-corrected chi connectivity index (χ0v) is 9.14. The largest absolute Gasteiger partial charge is 0.345 e. The molecule has 85 valence electrons. The molecular weight excluding hydrogens is 204 g/mol. The molecule has 16 heavy (non-hydrogen) atoms. The van der Waals surface area contributed by atoms with Crippen molar-refractivity contribution in [2.45, 2.75) is 25.4 Å². The number of nitrogens with two attached hydrogens (primary N) is 1. The highest BCUT2D eigenvalue weighted by Gasteiger charge is 2.15. The summed E-state index contributed by atoms with van der Waals surface area (Å²) in [5.41, 5.74) is 6.70. The molecule has 0 saturated heterocycles. The molecule has 0 spiro atoms. The summed E-state index contributed by atoms with van der Waals surface area (Å²) in [6, 6.07) is 8.24. The number of carbonyl (C=O) groups excluding carboxylic acids is 2. The van der Waals surface area contributed by atoms with E-state index in [0.717, 1.165) is 5.56 Å². The molecule has 0 aliphatic rings. The molecule has 1 aromatic rings. The van der Waals surface area contributed by atoms with Crippen molar-refractivity contribution in [3.8, 4) is 0 Å². The molecule has 4 nitrogen and oxygen atoms in total. The van der Waals surface area contributed by atoms with Gasteiger partial charge in [0.2, 0.25) is 12.2 Å². The number of carbonyl (C=O) groups is 1. The second kappa shape index (κ2) is 6.02. The first-order chi connectivity index (χ1) is 7.63. The highest BCUT2D eigenvalue weighted by Crippen LogP contribution is 2.01. The first-order valence-corrected chi connectivity index (χ1v) is 5.11. The van der Waals surface area contributed by atoms with Crippen LogP contribution in [0.5, 0.6) is 0 Å². The van der Waals surface area contributed by atoms with Crippen molar-refractivity contribution in [3.63, 3.8) is 0 Å². The van der Waals surface area contributed by atoms with Crippen LogP contribution in [0.1, 0.15) is 12.5 Å². The SMILES string of the molecule is CC([C]=O)NC(=O)C(N)Cc1ccccc1. The molecule has 0 heterocycles. The summed E-state index contributed by atoms with van der Waals surface area (Å²) in [4.78, 5) is 21.7. The molecular formula is C12H15N2O2. The molecule has 1 amide bonds. The van der Waals surface area contributed by atoms with Gasteiger partial charge < -0.3 is 11.1 Å². The van der Waals surface area contributed by atoms with Crippen LogP contribution in [0.2, 0.25) is 0 Å². The van der Waals surface area contributed by atoms with Gasteiger partial charge >= 0.3 is 0 Å². The van der Waals surface area contributed by atoms with Crippen LogP contribution in [-0.2, 0) is 16.0 Å². The van der Waals surface area contributed by atoms with Gasteiger partial charge in [-0.1, -0.05) is 30.3 Å². The Kier molecular flexibility index (Phi) is 4.66. The third-order valence-electron chi connectivity index (χ3n) is 2.17. The van der Waals surface area contributed by atoms with Crippen molar-refractivity contribution < 1.29 is 9.59 Å². The van der Waals surface area contributed by atoms with E-state index < -0.39 is 12.1 Å². The van der Waals surface area contributed by atoms with Crippen LogP contribution in [0.25, 0.3) is 0 Å². The molecule has 0 aliphatic heterocycles. The van der Waals surface area contributed by atoms with E-state index in [1.54, 1.807) is 13.2 Å². The zero-order chi connectivity index (χ0) is 12.0. The van der Waals surface area contributed by atoms with Gasteiger partial charge in [0, 0.05) is 0 Å². The lowest BCUT2D eigenvalue weighted by Gasteiger charge is -2.13. The molecule has 4 heteroatoms. The molecule has 0 aromatic heterocycles. The van der Waals surface area contributed by atoms with E-state index in [4.69, 9.17) is 5.73 Å². The summed E-state index contributed by atoms with van der Waals surface area (Å²) >= 11 is 0. The van der Waals surface area contributed by atoms with Crippen molar-refractivity contribution in [1.29, 1.82) is 0 Å². The van der Waals surface area contributed by atoms with Gasteiger partial charge in [-0.2, -0.15) is 0 Å². The predicted molar refractivity (Wildman–Crippen MR) is 61.4 cm³/mol. The maximum absolute atomic E-state index is 11.5. The lowest BCUT2D eigenvalue weighted by Crippen LogP contribution is -2.45. The van der Waals surface area contributed by atoms with Gasteiger partial charge in [-0.15, -0.1) is 0 Å². The van der Waals surface area contributed by atoms with E-state index in [1.807, 2.05) is 30.3 Å². The zero-order valence-electron chi connectivity index (χ0n) is 9.14. The van der Waals surface area contributed by atoms with E-state index in [9.17, 15) is 9.59 Å². The Hall–Kier alpha value is -1.68. The number of benzene rings is 1. The normalized spacial score (nSPS) is 13.9. The first kappa shape index (κ1) is 12.4. The van der Waals surface area contributed by atoms with E-state index in [-0.39, 0.29) is 5.91 Å². The fourth-order valence-corrected chi connectivity index (χ4v) is 1.31. The topological polar surface area (TPSA) is 72.2 Å². The quantitative estimate of drug-likeness (QED) is 0.741. The van der Waals surface area contributed by atoms with Gasteiger partial charge in [-0.25, -0.2) is 0 Å². The van der Waals surface area contributed by atoms with E-state index in [0.29, 0.717) is 6.42 Å². The Labute approximate surface area is 94.8 Å². The number of nitrogens with one attached hydrogen (secondary N) is 1. The Balaban J connectivity index is 2.49. The van der Waals surface area contributed by atoms with Gasteiger partial charge in [-0.3, -0.25) is 9.59 Å². The highest BCUT2D eigenvalue weighted by molar-refractivity contribution is 5.84. The molecule has 2 unspecified atom stereocenters. The standard InChI is InChI=1S/C12H15N2O2/c1-9(8-15)14-12(16)11(13)7-10-5-3-2-4-6-10/h2-6,9,11H,7,13H2,1H3,(H,14,16). The molecule has 2 atom stereocenters. The summed E-state index contributed by atoms with van der Waals surface area (Å²) in [5.74, 6) is -0.334. The smallest absolute Gasteiger partial charge is 0.237 e. The molecule has 0 fully saturated rings. The molecule has 3 N–H and O–H groups in total. The predicted octanol–water partition coefficient (Wildman–Crippen LogP) is 0.171. The lowest BCUT2D eigenvalue weighted by atomic mass is 10.1. The summed E-state index contributed by atoms with van der Waals surface area (Å²) in [5, 5.41) is 2.46. The van der Waals surface area contributed by atoms with Crippen LogP contribution in [0.4, 0.5) is 0 Å². The number of rotatable bonds is 5. The van der Waals surface area contributed by atoms with Gasteiger partial charge in [-0.05, 0) is 18.9 Å².